The number of carbonyl (C=O) groups excluding carboxylic acids is 2. The van der Waals surface area contributed by atoms with Gasteiger partial charge >= 0.3 is 0 Å². The fourth-order valence-electron chi connectivity index (χ4n) is 4.29. The number of hydrogen-bond acceptors (Lipinski definition) is 3. The summed E-state index contributed by atoms with van der Waals surface area (Å²) in [6.07, 6.45) is 1.65. The van der Waals surface area contributed by atoms with Crippen molar-refractivity contribution in [3.63, 3.8) is 0 Å². The van der Waals surface area contributed by atoms with Crippen LogP contribution in [0.1, 0.15) is 22.5 Å². The second kappa shape index (κ2) is 10.2. The van der Waals surface area contributed by atoms with Gasteiger partial charge in [-0.25, -0.2) is 5.01 Å². The zero-order valence-corrected chi connectivity index (χ0v) is 21.7. The van der Waals surface area contributed by atoms with Crippen LogP contribution in [0.4, 0.5) is 5.69 Å². The molecular weight excluding hydrogens is 509 g/mol. The number of amides is 2. The summed E-state index contributed by atoms with van der Waals surface area (Å²) in [7, 11) is 0. The number of benzene rings is 3. The highest BCUT2D eigenvalue weighted by Crippen LogP contribution is 2.28. The van der Waals surface area contributed by atoms with E-state index in [1.54, 1.807) is 30.3 Å². The van der Waals surface area contributed by atoms with Crippen LogP contribution in [0.2, 0.25) is 10.0 Å². The van der Waals surface area contributed by atoms with E-state index >= 15 is 0 Å². The minimum Gasteiger partial charge on any atom is -0.489 e. The Kier molecular flexibility index (Phi) is 6.78. The lowest BCUT2D eigenvalue weighted by Crippen LogP contribution is -2.35. The monoisotopic (exact) mass is 531 g/mol. The first-order valence-electron chi connectivity index (χ1n) is 11.6. The van der Waals surface area contributed by atoms with Crippen molar-refractivity contribution in [2.45, 2.75) is 20.5 Å². The Labute approximate surface area is 224 Å². The van der Waals surface area contributed by atoms with Gasteiger partial charge in [0.2, 0.25) is 0 Å². The van der Waals surface area contributed by atoms with Gasteiger partial charge < -0.3 is 9.30 Å². The molecule has 6 nitrogen and oxygen atoms in total. The van der Waals surface area contributed by atoms with E-state index in [1.807, 2.05) is 68.4 Å². The summed E-state index contributed by atoms with van der Waals surface area (Å²) in [5.74, 6) is -0.113. The highest BCUT2D eigenvalue weighted by Gasteiger charge is 2.34. The molecule has 0 radical (unpaired) electrons. The average Bonchev–Trinajstić information content (AvgIpc) is 3.33. The number of hydrazine groups is 1. The molecule has 186 valence electrons. The van der Waals surface area contributed by atoms with Crippen molar-refractivity contribution in [1.29, 1.82) is 0 Å². The number of anilines is 1. The number of para-hydroxylation sites is 1. The van der Waals surface area contributed by atoms with Gasteiger partial charge in [0.15, 0.2) is 0 Å². The van der Waals surface area contributed by atoms with Crippen LogP contribution in [0.3, 0.4) is 0 Å². The van der Waals surface area contributed by atoms with Crippen molar-refractivity contribution in [3.8, 4) is 11.4 Å². The Hall–Kier alpha value is -4.00. The molecule has 1 aliphatic rings. The molecule has 1 saturated heterocycles. The molecule has 3 aromatic carbocycles. The van der Waals surface area contributed by atoms with E-state index in [4.69, 9.17) is 27.9 Å². The number of nitrogens with zero attached hydrogens (tertiary/aromatic N) is 2. The van der Waals surface area contributed by atoms with E-state index in [0.717, 1.165) is 28.2 Å². The molecule has 37 heavy (non-hydrogen) atoms. The standard InChI is InChI=1S/C29H23Cl2N3O3/c1-18-14-21(15-26-28(35)32-34(29(26)36)24-6-4-3-5-7-24)19(2)33(18)23-10-12-25(13-11-23)37-17-20-8-9-22(30)16-27(20)31/h3-16H,17H2,1-2H3,(H,32,35)/b26-15-. The van der Waals surface area contributed by atoms with Gasteiger partial charge in [0.1, 0.15) is 17.9 Å². The lowest BCUT2D eigenvalue weighted by atomic mass is 10.1. The van der Waals surface area contributed by atoms with Crippen LogP contribution in [-0.2, 0) is 16.2 Å². The van der Waals surface area contributed by atoms with Crippen molar-refractivity contribution in [2.75, 3.05) is 5.01 Å². The van der Waals surface area contributed by atoms with Gasteiger partial charge in [0.25, 0.3) is 11.8 Å². The zero-order valence-electron chi connectivity index (χ0n) is 20.2. The summed E-state index contributed by atoms with van der Waals surface area (Å²) in [5, 5.41) is 2.41. The van der Waals surface area contributed by atoms with Gasteiger partial charge in [-0.1, -0.05) is 47.5 Å². The highest BCUT2D eigenvalue weighted by molar-refractivity contribution is 6.35. The van der Waals surface area contributed by atoms with Crippen molar-refractivity contribution < 1.29 is 14.3 Å². The molecule has 2 amide bonds. The Balaban J connectivity index is 1.35. The van der Waals surface area contributed by atoms with Crippen LogP contribution in [0.15, 0.2) is 84.4 Å². The van der Waals surface area contributed by atoms with E-state index in [1.165, 1.54) is 5.01 Å². The van der Waals surface area contributed by atoms with Gasteiger partial charge in [0, 0.05) is 32.7 Å². The first kappa shape index (κ1) is 24.7. The predicted molar refractivity (Wildman–Crippen MR) is 146 cm³/mol. The number of carbonyl (C=O) groups is 2. The van der Waals surface area contributed by atoms with E-state index in [2.05, 4.69) is 9.99 Å². The van der Waals surface area contributed by atoms with Gasteiger partial charge in [-0.05, 0) is 80.1 Å². The SMILES string of the molecule is Cc1cc(/C=C2/C(=O)NN(c3ccccc3)C2=O)c(C)n1-c1ccc(OCc2ccc(Cl)cc2Cl)cc1. The molecule has 1 fully saturated rings. The quantitative estimate of drug-likeness (QED) is 0.230. The van der Waals surface area contributed by atoms with E-state index in [-0.39, 0.29) is 11.5 Å². The second-order valence-electron chi connectivity index (χ2n) is 8.66. The molecule has 2 heterocycles. The largest absolute Gasteiger partial charge is 0.489 e. The van der Waals surface area contributed by atoms with Crippen molar-refractivity contribution in [2.24, 2.45) is 0 Å². The molecular formula is C29H23Cl2N3O3. The molecule has 1 aromatic heterocycles. The summed E-state index contributed by atoms with van der Waals surface area (Å²) < 4.78 is 7.96. The van der Waals surface area contributed by atoms with E-state index in [9.17, 15) is 9.59 Å². The molecule has 0 bridgehead atoms. The first-order valence-corrected chi connectivity index (χ1v) is 12.4. The number of rotatable bonds is 6. The summed E-state index contributed by atoms with van der Waals surface area (Å²) in [6, 6.07) is 24.0. The fraction of sp³-hybridized carbons (Fsp3) is 0.103. The number of aryl methyl sites for hydroxylation is 1. The fourth-order valence-corrected chi connectivity index (χ4v) is 4.76. The molecule has 1 N–H and O–H groups in total. The Morgan fingerprint density at radius 2 is 1.62 bits per heavy atom. The average molecular weight is 532 g/mol. The van der Waals surface area contributed by atoms with Crippen molar-refractivity contribution in [3.05, 3.63) is 117 Å². The number of hydrogen-bond donors (Lipinski definition) is 1. The molecule has 4 aromatic rings. The Morgan fingerprint density at radius 1 is 0.892 bits per heavy atom. The number of nitrogens with one attached hydrogen (secondary N) is 1. The van der Waals surface area contributed by atoms with Crippen LogP contribution in [0, 0.1) is 13.8 Å². The third-order valence-electron chi connectivity index (χ3n) is 6.18. The smallest absolute Gasteiger partial charge is 0.282 e. The maximum Gasteiger partial charge on any atom is 0.282 e. The highest BCUT2D eigenvalue weighted by atomic mass is 35.5. The third-order valence-corrected chi connectivity index (χ3v) is 6.77. The molecule has 0 atom stereocenters. The number of ether oxygens (including phenoxy) is 1. The maximum atomic E-state index is 13.0. The van der Waals surface area contributed by atoms with Gasteiger partial charge in [-0.2, -0.15) is 0 Å². The topological polar surface area (TPSA) is 63.6 Å². The minimum atomic E-state index is -0.430. The van der Waals surface area contributed by atoms with Crippen LogP contribution in [-0.4, -0.2) is 16.4 Å². The Morgan fingerprint density at radius 3 is 2.32 bits per heavy atom. The van der Waals surface area contributed by atoms with E-state index in [0.29, 0.717) is 28.1 Å². The molecule has 0 saturated carbocycles. The van der Waals surface area contributed by atoms with Gasteiger partial charge in [-0.15, -0.1) is 0 Å². The predicted octanol–water partition coefficient (Wildman–Crippen LogP) is 6.44. The molecule has 0 spiro atoms. The summed E-state index contributed by atoms with van der Waals surface area (Å²) in [4.78, 5) is 25.6. The van der Waals surface area contributed by atoms with Crippen molar-refractivity contribution >= 4 is 46.8 Å². The normalized spacial score (nSPS) is 14.4. The van der Waals surface area contributed by atoms with Crippen LogP contribution >= 0.6 is 23.2 Å². The summed E-state index contributed by atoms with van der Waals surface area (Å²) in [6.45, 7) is 4.26. The maximum absolute atomic E-state index is 13.0. The lowest BCUT2D eigenvalue weighted by Gasteiger charge is -2.13. The molecule has 1 aliphatic heterocycles. The zero-order chi connectivity index (χ0) is 26.1. The van der Waals surface area contributed by atoms with Gasteiger partial charge in [0.05, 0.1) is 5.69 Å². The van der Waals surface area contributed by atoms with E-state index < -0.39 is 5.91 Å². The molecule has 5 rings (SSSR count). The second-order valence-corrected chi connectivity index (χ2v) is 9.50. The van der Waals surface area contributed by atoms with Crippen LogP contribution in [0.5, 0.6) is 5.75 Å². The third kappa shape index (κ3) is 4.99. The molecule has 8 heteroatoms. The van der Waals surface area contributed by atoms with Crippen molar-refractivity contribution in [1.82, 2.24) is 9.99 Å². The molecule has 0 aliphatic carbocycles. The van der Waals surface area contributed by atoms with Gasteiger partial charge in [-0.3, -0.25) is 15.0 Å². The number of halogens is 2. The first-order chi connectivity index (χ1) is 17.8. The lowest BCUT2D eigenvalue weighted by molar-refractivity contribution is -0.117. The minimum absolute atomic E-state index is 0.0914. The molecule has 0 unspecified atom stereocenters. The van der Waals surface area contributed by atoms with Crippen LogP contribution < -0.4 is 15.2 Å². The Bertz CT molecular complexity index is 1530. The summed E-state index contributed by atoms with van der Waals surface area (Å²) in [5.41, 5.74) is 7.79. The summed E-state index contributed by atoms with van der Waals surface area (Å²) >= 11 is 12.2. The van der Waals surface area contributed by atoms with Crippen LogP contribution in [0.25, 0.3) is 11.8 Å². The number of aromatic nitrogens is 1.